The minimum atomic E-state index is 0.104. The molecular weight excluding hydrogens is 360 g/mol. The molecule has 0 spiro atoms. The normalized spacial score (nSPS) is 16.8. The Morgan fingerprint density at radius 2 is 2.12 bits per heavy atom. The molecule has 0 radical (unpaired) electrons. The van der Waals surface area contributed by atoms with Gasteiger partial charge in [0.15, 0.2) is 5.16 Å². The first-order valence-electron chi connectivity index (χ1n) is 9.44. The highest BCUT2D eigenvalue weighted by Crippen LogP contribution is 2.37. The maximum atomic E-state index is 13.5. The fraction of sp³-hybridized carbons (Fsp3) is 0.429. The second-order valence-electron chi connectivity index (χ2n) is 7.10. The van der Waals surface area contributed by atoms with Crippen LogP contribution in [0.3, 0.4) is 0 Å². The van der Waals surface area contributed by atoms with Crippen molar-refractivity contribution >= 4 is 33.3 Å². The molecule has 0 fully saturated rings. The van der Waals surface area contributed by atoms with E-state index < -0.39 is 0 Å². The standard InChI is InChI=1S/C21H24N2OS2/c1-3-4-12-25-21-22-19-18(16-11-10-14(2)13-17(16)26-19)20(24)23(21)15-8-6-5-7-9-15/h5-9,14H,3-4,10-13H2,1-2H3/t14-/m1/s1. The van der Waals surface area contributed by atoms with Gasteiger partial charge >= 0.3 is 0 Å². The molecule has 5 heteroatoms. The van der Waals surface area contributed by atoms with Crippen LogP contribution in [-0.2, 0) is 12.8 Å². The molecule has 0 bridgehead atoms. The fourth-order valence-electron chi connectivity index (χ4n) is 3.58. The van der Waals surface area contributed by atoms with Gasteiger partial charge in [-0.3, -0.25) is 9.36 Å². The third-order valence-corrected chi connectivity index (χ3v) is 7.22. The number of hydrogen-bond acceptors (Lipinski definition) is 4. The van der Waals surface area contributed by atoms with Crippen molar-refractivity contribution in [2.45, 2.75) is 51.1 Å². The first kappa shape index (κ1) is 17.8. The summed E-state index contributed by atoms with van der Waals surface area (Å²) in [6, 6.07) is 9.95. The monoisotopic (exact) mass is 384 g/mol. The summed E-state index contributed by atoms with van der Waals surface area (Å²) >= 11 is 3.44. The number of thioether (sulfide) groups is 1. The summed E-state index contributed by atoms with van der Waals surface area (Å²) in [7, 11) is 0. The zero-order valence-electron chi connectivity index (χ0n) is 15.3. The molecule has 1 aromatic carbocycles. The van der Waals surface area contributed by atoms with E-state index in [0.717, 1.165) is 58.9 Å². The molecule has 0 N–H and O–H groups in total. The number of nitrogens with zero attached hydrogens (tertiary/aromatic N) is 2. The van der Waals surface area contributed by atoms with Crippen LogP contribution in [-0.4, -0.2) is 15.3 Å². The zero-order valence-corrected chi connectivity index (χ0v) is 17.0. The Hall–Kier alpha value is -1.59. The smallest absolute Gasteiger partial charge is 0.267 e. The Balaban J connectivity index is 1.92. The molecule has 3 aromatic rings. The zero-order chi connectivity index (χ0) is 18.1. The number of unbranched alkanes of at least 4 members (excludes halogenated alkanes) is 1. The summed E-state index contributed by atoms with van der Waals surface area (Å²) < 4.78 is 1.83. The molecule has 136 valence electrons. The molecule has 0 aliphatic heterocycles. The summed E-state index contributed by atoms with van der Waals surface area (Å²) in [5.41, 5.74) is 2.28. The van der Waals surface area contributed by atoms with Gasteiger partial charge in [-0.2, -0.15) is 0 Å². The van der Waals surface area contributed by atoms with Gasteiger partial charge in [0.05, 0.1) is 11.1 Å². The molecule has 4 rings (SSSR count). The van der Waals surface area contributed by atoms with E-state index in [1.54, 1.807) is 23.1 Å². The second-order valence-corrected chi connectivity index (χ2v) is 9.25. The predicted octanol–water partition coefficient (Wildman–Crippen LogP) is 5.46. The van der Waals surface area contributed by atoms with Crippen LogP contribution >= 0.6 is 23.1 Å². The number of aryl methyl sites for hydroxylation is 1. The van der Waals surface area contributed by atoms with Crippen molar-refractivity contribution in [3.63, 3.8) is 0 Å². The number of benzene rings is 1. The van der Waals surface area contributed by atoms with Crippen molar-refractivity contribution in [3.05, 3.63) is 51.1 Å². The molecule has 0 unspecified atom stereocenters. The van der Waals surface area contributed by atoms with Crippen LogP contribution in [0.15, 0.2) is 40.3 Å². The summed E-state index contributed by atoms with van der Waals surface area (Å²) in [4.78, 5) is 20.8. The quantitative estimate of drug-likeness (QED) is 0.333. The minimum Gasteiger partial charge on any atom is -0.268 e. The average Bonchev–Trinajstić information content (AvgIpc) is 3.00. The maximum Gasteiger partial charge on any atom is 0.267 e. The topological polar surface area (TPSA) is 34.9 Å². The van der Waals surface area contributed by atoms with E-state index in [-0.39, 0.29) is 5.56 Å². The van der Waals surface area contributed by atoms with Crippen molar-refractivity contribution in [3.8, 4) is 5.69 Å². The van der Waals surface area contributed by atoms with Crippen molar-refractivity contribution in [2.75, 3.05) is 5.75 Å². The van der Waals surface area contributed by atoms with Crippen molar-refractivity contribution in [1.82, 2.24) is 9.55 Å². The number of aromatic nitrogens is 2. The molecule has 0 saturated heterocycles. The maximum absolute atomic E-state index is 13.5. The molecule has 1 atom stereocenters. The molecule has 1 aliphatic rings. The van der Waals surface area contributed by atoms with Crippen LogP contribution < -0.4 is 5.56 Å². The van der Waals surface area contributed by atoms with Crippen molar-refractivity contribution < 1.29 is 0 Å². The van der Waals surface area contributed by atoms with Gasteiger partial charge in [-0.05, 0) is 49.3 Å². The van der Waals surface area contributed by atoms with Crippen LogP contribution in [0.25, 0.3) is 15.9 Å². The molecule has 0 amide bonds. The van der Waals surface area contributed by atoms with Gasteiger partial charge in [-0.1, -0.05) is 50.2 Å². The SMILES string of the molecule is CCCCSc1nc2sc3c(c2c(=O)n1-c1ccccc1)CC[C@@H](C)C3. The third-order valence-electron chi connectivity index (χ3n) is 5.04. The predicted molar refractivity (Wildman–Crippen MR) is 112 cm³/mol. The Kier molecular flexibility index (Phi) is 5.18. The van der Waals surface area contributed by atoms with E-state index in [2.05, 4.69) is 13.8 Å². The molecule has 3 nitrogen and oxygen atoms in total. The highest BCUT2D eigenvalue weighted by molar-refractivity contribution is 7.99. The molecule has 0 saturated carbocycles. The lowest BCUT2D eigenvalue weighted by molar-refractivity contribution is 0.509. The first-order valence-corrected chi connectivity index (χ1v) is 11.2. The van der Waals surface area contributed by atoms with E-state index in [1.165, 1.54) is 10.4 Å². The number of para-hydroxylation sites is 1. The molecule has 26 heavy (non-hydrogen) atoms. The van der Waals surface area contributed by atoms with E-state index in [4.69, 9.17) is 4.98 Å². The van der Waals surface area contributed by atoms with Gasteiger partial charge in [0.1, 0.15) is 4.83 Å². The summed E-state index contributed by atoms with van der Waals surface area (Å²) in [6.07, 6.45) is 5.53. The first-order chi connectivity index (χ1) is 12.7. The molecular formula is C21H24N2OS2. The largest absolute Gasteiger partial charge is 0.268 e. The lowest BCUT2D eigenvalue weighted by Crippen LogP contribution is -2.22. The summed E-state index contributed by atoms with van der Waals surface area (Å²) in [6.45, 7) is 4.49. The van der Waals surface area contributed by atoms with Gasteiger partial charge in [0.25, 0.3) is 5.56 Å². The number of fused-ring (bicyclic) bond motifs is 3. The molecule has 2 heterocycles. The van der Waals surface area contributed by atoms with Gasteiger partial charge in [-0.25, -0.2) is 4.98 Å². The van der Waals surface area contributed by atoms with Crippen molar-refractivity contribution in [1.29, 1.82) is 0 Å². The third kappa shape index (κ3) is 3.23. The van der Waals surface area contributed by atoms with E-state index in [0.29, 0.717) is 5.92 Å². The van der Waals surface area contributed by atoms with E-state index in [1.807, 2.05) is 34.9 Å². The Morgan fingerprint density at radius 1 is 1.31 bits per heavy atom. The van der Waals surface area contributed by atoms with Crippen LogP contribution in [0.5, 0.6) is 0 Å². The van der Waals surface area contributed by atoms with Gasteiger partial charge in [0, 0.05) is 10.6 Å². The number of thiophene rings is 1. The van der Waals surface area contributed by atoms with Gasteiger partial charge < -0.3 is 0 Å². The van der Waals surface area contributed by atoms with Crippen LogP contribution in [0.2, 0.25) is 0 Å². The fourth-order valence-corrected chi connectivity index (χ4v) is 6.10. The van der Waals surface area contributed by atoms with Crippen LogP contribution in [0.1, 0.15) is 43.6 Å². The summed E-state index contributed by atoms with van der Waals surface area (Å²) in [5.74, 6) is 1.69. The lowest BCUT2D eigenvalue weighted by Gasteiger charge is -2.17. The average molecular weight is 385 g/mol. The summed E-state index contributed by atoms with van der Waals surface area (Å²) in [5, 5.41) is 1.69. The minimum absolute atomic E-state index is 0.104. The van der Waals surface area contributed by atoms with Crippen molar-refractivity contribution in [2.24, 2.45) is 5.92 Å². The highest BCUT2D eigenvalue weighted by Gasteiger charge is 2.25. The lowest BCUT2D eigenvalue weighted by atomic mass is 9.89. The molecule has 2 aromatic heterocycles. The van der Waals surface area contributed by atoms with E-state index >= 15 is 0 Å². The van der Waals surface area contributed by atoms with Crippen LogP contribution in [0.4, 0.5) is 0 Å². The van der Waals surface area contributed by atoms with Crippen LogP contribution in [0, 0.1) is 5.92 Å². The van der Waals surface area contributed by atoms with Gasteiger partial charge in [-0.15, -0.1) is 11.3 Å². The van der Waals surface area contributed by atoms with E-state index in [9.17, 15) is 4.79 Å². The Morgan fingerprint density at radius 3 is 2.88 bits per heavy atom. The highest BCUT2D eigenvalue weighted by atomic mass is 32.2. The number of rotatable bonds is 5. The number of hydrogen-bond donors (Lipinski definition) is 0. The Labute approximate surface area is 162 Å². The second kappa shape index (κ2) is 7.57. The molecule has 1 aliphatic carbocycles. The Bertz CT molecular complexity index is 975. The van der Waals surface area contributed by atoms with Gasteiger partial charge in [0.2, 0.25) is 0 Å².